The van der Waals surface area contributed by atoms with Crippen molar-refractivity contribution in [1.29, 1.82) is 5.26 Å². The number of ether oxygens (including phenoxy) is 1. The van der Waals surface area contributed by atoms with E-state index < -0.39 is 0 Å². The van der Waals surface area contributed by atoms with Crippen LogP contribution in [0, 0.1) is 11.3 Å². The zero-order valence-corrected chi connectivity index (χ0v) is 12.2. The van der Waals surface area contributed by atoms with Crippen molar-refractivity contribution in [3.05, 3.63) is 58.6 Å². The van der Waals surface area contributed by atoms with Gasteiger partial charge >= 0.3 is 0 Å². The minimum Gasteiger partial charge on any atom is -0.491 e. The van der Waals surface area contributed by atoms with E-state index in [9.17, 15) is 0 Å². The van der Waals surface area contributed by atoms with Gasteiger partial charge in [-0.15, -0.1) is 11.8 Å². The van der Waals surface area contributed by atoms with Crippen LogP contribution in [0.15, 0.2) is 47.4 Å². The highest BCUT2D eigenvalue weighted by molar-refractivity contribution is 7.99. The number of hydrogen-bond donors (Lipinski definition) is 0. The van der Waals surface area contributed by atoms with Crippen molar-refractivity contribution in [2.45, 2.75) is 10.8 Å². The summed E-state index contributed by atoms with van der Waals surface area (Å²) in [5.74, 6) is 1.94. The summed E-state index contributed by atoms with van der Waals surface area (Å²) in [6.45, 7) is 0.568. The molecule has 2 aromatic rings. The third-order valence-electron chi connectivity index (χ3n) is 3.33. The SMILES string of the molecule is N#Cc1c(Cl)cccc1OCC1CSc2ccccc21. The van der Waals surface area contributed by atoms with Gasteiger partial charge in [-0.25, -0.2) is 0 Å². The van der Waals surface area contributed by atoms with Crippen LogP contribution >= 0.6 is 23.4 Å². The van der Waals surface area contributed by atoms with Crippen LogP contribution in [0.25, 0.3) is 0 Å². The van der Waals surface area contributed by atoms with Gasteiger partial charge in [-0.1, -0.05) is 35.9 Å². The molecule has 0 amide bonds. The van der Waals surface area contributed by atoms with Gasteiger partial charge in [-0.05, 0) is 23.8 Å². The molecule has 0 saturated carbocycles. The third-order valence-corrected chi connectivity index (χ3v) is 4.89. The number of fused-ring (bicyclic) bond motifs is 1. The van der Waals surface area contributed by atoms with Crippen molar-refractivity contribution in [1.82, 2.24) is 0 Å². The molecule has 0 saturated heterocycles. The van der Waals surface area contributed by atoms with Gasteiger partial charge in [0.05, 0.1) is 11.6 Å². The molecule has 0 fully saturated rings. The molecule has 0 aliphatic carbocycles. The minimum absolute atomic E-state index is 0.363. The largest absolute Gasteiger partial charge is 0.491 e. The van der Waals surface area contributed by atoms with Gasteiger partial charge in [0.1, 0.15) is 17.4 Å². The first kappa shape index (κ1) is 13.4. The highest BCUT2D eigenvalue weighted by Crippen LogP contribution is 2.39. The molecule has 0 aromatic heterocycles. The van der Waals surface area contributed by atoms with Crippen molar-refractivity contribution in [3.8, 4) is 11.8 Å². The van der Waals surface area contributed by atoms with E-state index in [0.717, 1.165) is 5.75 Å². The lowest BCUT2D eigenvalue weighted by Crippen LogP contribution is -2.10. The maximum absolute atomic E-state index is 9.13. The van der Waals surface area contributed by atoms with Crippen molar-refractivity contribution in [3.63, 3.8) is 0 Å². The van der Waals surface area contributed by atoms with E-state index >= 15 is 0 Å². The molecule has 1 atom stereocenters. The van der Waals surface area contributed by atoms with E-state index in [4.69, 9.17) is 21.6 Å². The quantitative estimate of drug-likeness (QED) is 0.838. The lowest BCUT2D eigenvalue weighted by atomic mass is 10.0. The molecule has 20 heavy (non-hydrogen) atoms. The molecule has 0 spiro atoms. The molecule has 0 bridgehead atoms. The lowest BCUT2D eigenvalue weighted by molar-refractivity contribution is 0.297. The van der Waals surface area contributed by atoms with Crippen LogP contribution in [-0.4, -0.2) is 12.4 Å². The van der Waals surface area contributed by atoms with E-state index in [1.165, 1.54) is 10.5 Å². The average molecular weight is 302 g/mol. The average Bonchev–Trinajstić information content (AvgIpc) is 2.88. The van der Waals surface area contributed by atoms with Gasteiger partial charge < -0.3 is 4.74 Å². The molecule has 3 rings (SSSR count). The highest BCUT2D eigenvalue weighted by atomic mass is 35.5. The van der Waals surface area contributed by atoms with Crippen LogP contribution in [0.2, 0.25) is 5.02 Å². The second kappa shape index (κ2) is 5.78. The van der Waals surface area contributed by atoms with Crippen LogP contribution < -0.4 is 4.74 Å². The molecule has 2 aromatic carbocycles. The third kappa shape index (κ3) is 2.49. The van der Waals surface area contributed by atoms with E-state index in [1.807, 2.05) is 11.8 Å². The van der Waals surface area contributed by atoms with Gasteiger partial charge in [0, 0.05) is 16.6 Å². The molecular weight excluding hydrogens is 290 g/mol. The van der Waals surface area contributed by atoms with Crippen molar-refractivity contribution < 1.29 is 4.74 Å². The molecular formula is C16H12ClNOS. The topological polar surface area (TPSA) is 33.0 Å². The summed E-state index contributed by atoms with van der Waals surface area (Å²) in [7, 11) is 0. The molecule has 2 nitrogen and oxygen atoms in total. The Morgan fingerprint density at radius 1 is 1.25 bits per heavy atom. The minimum atomic E-state index is 0.363. The summed E-state index contributed by atoms with van der Waals surface area (Å²) in [6.07, 6.45) is 0. The zero-order valence-electron chi connectivity index (χ0n) is 10.7. The number of nitriles is 1. The van der Waals surface area contributed by atoms with E-state index in [-0.39, 0.29) is 0 Å². The van der Waals surface area contributed by atoms with Gasteiger partial charge in [0.2, 0.25) is 0 Å². The first-order chi connectivity index (χ1) is 9.79. The maximum Gasteiger partial charge on any atom is 0.138 e. The zero-order chi connectivity index (χ0) is 13.9. The predicted octanol–water partition coefficient (Wildman–Crippen LogP) is 4.48. The Morgan fingerprint density at radius 2 is 2.10 bits per heavy atom. The molecule has 1 unspecified atom stereocenters. The predicted molar refractivity (Wildman–Crippen MR) is 81.6 cm³/mol. The van der Waals surface area contributed by atoms with Gasteiger partial charge in [0.15, 0.2) is 0 Å². The van der Waals surface area contributed by atoms with Crippen LogP contribution in [0.4, 0.5) is 0 Å². The Hall–Kier alpha value is -1.63. The number of thioether (sulfide) groups is 1. The molecule has 0 N–H and O–H groups in total. The monoisotopic (exact) mass is 301 g/mol. The molecule has 4 heteroatoms. The number of rotatable bonds is 3. The van der Waals surface area contributed by atoms with Crippen LogP contribution in [0.1, 0.15) is 17.0 Å². The number of benzene rings is 2. The van der Waals surface area contributed by atoms with E-state index in [0.29, 0.717) is 28.9 Å². The van der Waals surface area contributed by atoms with Gasteiger partial charge in [-0.2, -0.15) is 5.26 Å². The summed E-state index contributed by atoms with van der Waals surface area (Å²) in [5, 5.41) is 9.57. The summed E-state index contributed by atoms with van der Waals surface area (Å²) >= 11 is 7.85. The fourth-order valence-electron chi connectivity index (χ4n) is 2.29. The Labute approximate surface area is 127 Å². The Balaban J connectivity index is 1.76. The number of halogens is 1. The summed E-state index contributed by atoms with van der Waals surface area (Å²) in [6, 6.07) is 15.8. The van der Waals surface area contributed by atoms with Gasteiger partial charge in [0.25, 0.3) is 0 Å². The summed E-state index contributed by atoms with van der Waals surface area (Å²) < 4.78 is 5.83. The van der Waals surface area contributed by atoms with Crippen molar-refractivity contribution >= 4 is 23.4 Å². The van der Waals surface area contributed by atoms with Crippen molar-refractivity contribution in [2.75, 3.05) is 12.4 Å². The second-order valence-electron chi connectivity index (χ2n) is 4.58. The molecule has 1 aliphatic heterocycles. The second-order valence-corrected chi connectivity index (χ2v) is 6.05. The van der Waals surface area contributed by atoms with Gasteiger partial charge in [-0.3, -0.25) is 0 Å². The fourth-order valence-corrected chi connectivity index (χ4v) is 3.73. The number of nitrogens with zero attached hydrogens (tertiary/aromatic N) is 1. The Bertz CT molecular complexity index is 680. The van der Waals surface area contributed by atoms with Crippen LogP contribution in [0.5, 0.6) is 5.75 Å². The highest BCUT2D eigenvalue weighted by Gasteiger charge is 2.23. The lowest BCUT2D eigenvalue weighted by Gasteiger charge is -2.13. The Morgan fingerprint density at radius 3 is 2.95 bits per heavy atom. The molecule has 100 valence electrons. The first-order valence-corrected chi connectivity index (χ1v) is 7.69. The first-order valence-electron chi connectivity index (χ1n) is 6.32. The number of hydrogen-bond acceptors (Lipinski definition) is 3. The van der Waals surface area contributed by atoms with E-state index in [1.54, 1.807) is 18.2 Å². The summed E-state index contributed by atoms with van der Waals surface area (Å²) in [5.41, 5.74) is 1.74. The smallest absolute Gasteiger partial charge is 0.138 e. The van der Waals surface area contributed by atoms with Crippen molar-refractivity contribution in [2.24, 2.45) is 0 Å². The standard InChI is InChI=1S/C16H12ClNOS/c17-14-5-3-6-15(13(14)8-18)19-9-11-10-20-16-7-2-1-4-12(11)16/h1-7,11H,9-10H2. The summed E-state index contributed by atoms with van der Waals surface area (Å²) in [4.78, 5) is 1.33. The molecule has 0 radical (unpaired) electrons. The van der Waals surface area contributed by atoms with Crippen LogP contribution in [-0.2, 0) is 0 Å². The fraction of sp³-hybridized carbons (Fsp3) is 0.188. The molecule has 1 aliphatic rings. The molecule has 1 heterocycles. The van der Waals surface area contributed by atoms with E-state index in [2.05, 4.69) is 30.3 Å². The van der Waals surface area contributed by atoms with Crippen LogP contribution in [0.3, 0.4) is 0 Å². The normalized spacial score (nSPS) is 16.5. The maximum atomic E-state index is 9.13. The Kier molecular flexibility index (Phi) is 3.86.